The molecule has 0 saturated heterocycles. The second-order valence-corrected chi connectivity index (χ2v) is 4.49. The molecule has 0 unspecified atom stereocenters. The molecule has 5 heteroatoms. The van der Waals surface area contributed by atoms with Gasteiger partial charge < -0.3 is 15.0 Å². The molecule has 2 N–H and O–H groups in total. The molecular formula is C14H16N2O3. The number of carbonyl (C=O) groups is 1. The minimum atomic E-state index is -0.357. The Morgan fingerprint density at radius 1 is 1.37 bits per heavy atom. The Balaban J connectivity index is 2.43. The van der Waals surface area contributed by atoms with Gasteiger partial charge in [0.25, 0.3) is 5.56 Å². The molecule has 5 nitrogen and oxygen atoms in total. The van der Waals surface area contributed by atoms with Crippen LogP contribution in [-0.2, 0) is 9.53 Å². The smallest absolute Gasteiger partial charge is 0.302 e. The molecule has 2 rings (SSSR count). The van der Waals surface area contributed by atoms with Gasteiger partial charge in [0, 0.05) is 29.6 Å². The first-order valence-corrected chi connectivity index (χ1v) is 6.03. The van der Waals surface area contributed by atoms with Crippen molar-refractivity contribution < 1.29 is 9.53 Å². The molecule has 0 aliphatic heterocycles. The van der Waals surface area contributed by atoms with E-state index in [2.05, 4.69) is 0 Å². The molecule has 0 spiro atoms. The van der Waals surface area contributed by atoms with Gasteiger partial charge in [-0.25, -0.2) is 0 Å². The summed E-state index contributed by atoms with van der Waals surface area (Å²) in [6.45, 7) is 3.34. The molecule has 0 fully saturated rings. The van der Waals surface area contributed by atoms with Crippen LogP contribution in [0.15, 0.2) is 35.3 Å². The normalized spacial score (nSPS) is 12.3. The van der Waals surface area contributed by atoms with Crippen molar-refractivity contribution in [3.63, 3.8) is 0 Å². The van der Waals surface area contributed by atoms with Crippen LogP contribution in [0, 0.1) is 0 Å². The molecule has 1 aromatic heterocycles. The van der Waals surface area contributed by atoms with Crippen molar-refractivity contribution in [2.75, 3.05) is 12.3 Å². The molecule has 0 aliphatic rings. The summed E-state index contributed by atoms with van der Waals surface area (Å²) in [5, 5.41) is 1.31. The fourth-order valence-electron chi connectivity index (χ4n) is 1.98. The highest BCUT2D eigenvalue weighted by molar-refractivity contribution is 5.91. The van der Waals surface area contributed by atoms with Gasteiger partial charge >= 0.3 is 5.97 Å². The van der Waals surface area contributed by atoms with Gasteiger partial charge in [-0.05, 0) is 25.1 Å². The fraction of sp³-hybridized carbons (Fsp3) is 0.286. The number of hydrogen-bond donors (Lipinski definition) is 1. The number of ether oxygens (including phenoxy) is 1. The largest absolute Gasteiger partial charge is 0.464 e. The maximum absolute atomic E-state index is 12.3. The highest BCUT2D eigenvalue weighted by atomic mass is 16.5. The van der Waals surface area contributed by atoms with Crippen LogP contribution in [0.5, 0.6) is 0 Å². The number of aromatic nitrogens is 1. The number of nitrogen functional groups attached to an aromatic ring is 1. The van der Waals surface area contributed by atoms with Gasteiger partial charge in [0.05, 0.1) is 6.04 Å². The monoisotopic (exact) mass is 260 g/mol. The quantitative estimate of drug-likeness (QED) is 0.673. The van der Waals surface area contributed by atoms with E-state index in [0.29, 0.717) is 11.1 Å². The van der Waals surface area contributed by atoms with Crippen LogP contribution < -0.4 is 11.3 Å². The highest BCUT2D eigenvalue weighted by Gasteiger charge is 2.11. The number of fused-ring (bicyclic) bond motifs is 1. The van der Waals surface area contributed by atoms with E-state index in [-0.39, 0.29) is 24.2 Å². The lowest BCUT2D eigenvalue weighted by molar-refractivity contribution is -0.141. The Bertz CT molecular complexity index is 676. The van der Waals surface area contributed by atoms with E-state index in [9.17, 15) is 9.59 Å². The predicted octanol–water partition coefficient (Wildman–Crippen LogP) is 1.71. The molecular weight excluding hydrogens is 244 g/mol. The lowest BCUT2D eigenvalue weighted by Gasteiger charge is -2.15. The van der Waals surface area contributed by atoms with Crippen molar-refractivity contribution in [2.24, 2.45) is 0 Å². The number of nitrogens with two attached hydrogens (primary N) is 1. The van der Waals surface area contributed by atoms with Crippen molar-refractivity contribution in [3.05, 3.63) is 40.8 Å². The van der Waals surface area contributed by atoms with Gasteiger partial charge in [-0.15, -0.1) is 0 Å². The highest BCUT2D eigenvalue weighted by Crippen LogP contribution is 2.18. The van der Waals surface area contributed by atoms with Crippen LogP contribution in [0.4, 0.5) is 5.69 Å². The Morgan fingerprint density at radius 3 is 2.79 bits per heavy atom. The molecule has 0 amide bonds. The zero-order valence-electron chi connectivity index (χ0n) is 10.9. The Morgan fingerprint density at radius 2 is 2.11 bits per heavy atom. The number of nitrogens with zero attached hydrogens (tertiary/aromatic N) is 1. The van der Waals surface area contributed by atoms with Crippen molar-refractivity contribution in [1.29, 1.82) is 0 Å². The van der Waals surface area contributed by atoms with Crippen LogP contribution >= 0.6 is 0 Å². The molecule has 1 atom stereocenters. The Labute approximate surface area is 110 Å². The van der Waals surface area contributed by atoms with Crippen LogP contribution in [0.3, 0.4) is 0 Å². The molecule has 0 bridgehead atoms. The second kappa shape index (κ2) is 5.14. The summed E-state index contributed by atoms with van der Waals surface area (Å²) >= 11 is 0. The van der Waals surface area contributed by atoms with Crippen LogP contribution in [0.1, 0.15) is 19.9 Å². The number of pyridine rings is 1. The minimum absolute atomic E-state index is 0.135. The molecule has 2 aromatic rings. The molecule has 19 heavy (non-hydrogen) atoms. The summed E-state index contributed by atoms with van der Waals surface area (Å²) in [4.78, 5) is 23.1. The van der Waals surface area contributed by atoms with Crippen molar-refractivity contribution in [1.82, 2.24) is 4.57 Å². The van der Waals surface area contributed by atoms with E-state index in [4.69, 9.17) is 10.5 Å². The molecule has 1 heterocycles. The molecule has 1 aromatic carbocycles. The summed E-state index contributed by atoms with van der Waals surface area (Å²) in [7, 11) is 0. The zero-order valence-corrected chi connectivity index (χ0v) is 10.9. The molecule has 0 aliphatic carbocycles. The van der Waals surface area contributed by atoms with Gasteiger partial charge in [-0.1, -0.05) is 6.07 Å². The fourth-order valence-corrected chi connectivity index (χ4v) is 1.98. The summed E-state index contributed by atoms with van der Waals surface area (Å²) in [5.41, 5.74) is 6.28. The SMILES string of the molecule is CC(=O)OC[C@H](C)n1ccc2c(N)cccc2c1=O. The van der Waals surface area contributed by atoms with Crippen LogP contribution in [-0.4, -0.2) is 17.1 Å². The first-order chi connectivity index (χ1) is 9.00. The zero-order chi connectivity index (χ0) is 14.0. The summed E-state index contributed by atoms with van der Waals surface area (Å²) < 4.78 is 6.47. The second-order valence-electron chi connectivity index (χ2n) is 4.49. The van der Waals surface area contributed by atoms with Crippen LogP contribution in [0.2, 0.25) is 0 Å². The van der Waals surface area contributed by atoms with Gasteiger partial charge in [0.15, 0.2) is 0 Å². The first-order valence-electron chi connectivity index (χ1n) is 6.03. The average Bonchev–Trinajstić information content (AvgIpc) is 2.37. The third-order valence-electron chi connectivity index (χ3n) is 3.01. The minimum Gasteiger partial charge on any atom is -0.464 e. The van der Waals surface area contributed by atoms with Gasteiger partial charge in [-0.2, -0.15) is 0 Å². The third-order valence-corrected chi connectivity index (χ3v) is 3.01. The molecule has 0 radical (unpaired) electrons. The lowest BCUT2D eigenvalue weighted by atomic mass is 10.1. The van der Waals surface area contributed by atoms with E-state index < -0.39 is 0 Å². The van der Waals surface area contributed by atoms with E-state index in [0.717, 1.165) is 5.39 Å². The first kappa shape index (κ1) is 13.1. The number of anilines is 1. The predicted molar refractivity (Wildman–Crippen MR) is 74.0 cm³/mol. The third kappa shape index (κ3) is 2.59. The lowest BCUT2D eigenvalue weighted by Crippen LogP contribution is -2.26. The maximum Gasteiger partial charge on any atom is 0.302 e. The summed E-state index contributed by atoms with van der Waals surface area (Å²) in [6, 6.07) is 6.83. The topological polar surface area (TPSA) is 74.3 Å². The molecule has 0 saturated carbocycles. The van der Waals surface area contributed by atoms with E-state index in [1.54, 1.807) is 35.0 Å². The average molecular weight is 260 g/mol. The van der Waals surface area contributed by atoms with E-state index >= 15 is 0 Å². The van der Waals surface area contributed by atoms with E-state index in [1.165, 1.54) is 6.92 Å². The van der Waals surface area contributed by atoms with Gasteiger partial charge in [0.1, 0.15) is 6.61 Å². The van der Waals surface area contributed by atoms with Gasteiger partial charge in [-0.3, -0.25) is 9.59 Å². The number of rotatable bonds is 3. The van der Waals surface area contributed by atoms with Gasteiger partial charge in [0.2, 0.25) is 0 Å². The molecule has 100 valence electrons. The Kier molecular flexibility index (Phi) is 3.55. The number of carbonyl (C=O) groups excluding carboxylic acids is 1. The van der Waals surface area contributed by atoms with Crippen LogP contribution in [0.25, 0.3) is 10.8 Å². The number of hydrogen-bond acceptors (Lipinski definition) is 4. The summed E-state index contributed by atoms with van der Waals surface area (Å²) in [5.74, 6) is -0.357. The number of esters is 1. The Hall–Kier alpha value is -2.30. The van der Waals surface area contributed by atoms with Crippen molar-refractivity contribution in [2.45, 2.75) is 19.9 Å². The van der Waals surface area contributed by atoms with Crippen molar-refractivity contribution in [3.8, 4) is 0 Å². The van der Waals surface area contributed by atoms with Crippen molar-refractivity contribution >= 4 is 22.4 Å². The number of benzene rings is 1. The summed E-state index contributed by atoms with van der Waals surface area (Å²) in [6.07, 6.45) is 1.68. The standard InChI is InChI=1S/C14H16N2O3/c1-9(8-19-10(2)17)16-7-6-11-12(14(16)18)4-3-5-13(11)15/h3-7,9H,8,15H2,1-2H3/t9-/m0/s1. The van der Waals surface area contributed by atoms with E-state index in [1.807, 2.05) is 6.92 Å². The maximum atomic E-state index is 12.3.